The monoisotopic (exact) mass is 160 g/mol. The van der Waals surface area contributed by atoms with Crippen molar-refractivity contribution in [3.05, 3.63) is 11.6 Å². The molecule has 1 unspecified atom stereocenters. The Morgan fingerprint density at radius 1 is 1.64 bits per heavy atom. The number of hydroxylamine groups is 2. The number of carbonyl (C=O) groups is 1. The van der Waals surface area contributed by atoms with E-state index >= 15 is 0 Å². The maximum atomic E-state index is 10.7. The lowest BCUT2D eigenvalue weighted by Crippen LogP contribution is -2.57. The molecule has 7 N–H and O–H groups in total. The molecule has 0 radical (unpaired) electrons. The van der Waals surface area contributed by atoms with Gasteiger partial charge >= 0.3 is 0 Å². The topological polar surface area (TPSA) is 125 Å². The highest BCUT2D eigenvalue weighted by molar-refractivity contribution is 5.93. The van der Waals surface area contributed by atoms with Crippen LogP contribution in [0.25, 0.3) is 0 Å². The van der Waals surface area contributed by atoms with Crippen LogP contribution in [0.1, 0.15) is 0 Å². The molecule has 7 heteroatoms. The first-order valence-electron chi connectivity index (χ1n) is 2.77. The highest BCUT2D eigenvalue weighted by atomic mass is 16.5. The minimum absolute atomic E-state index is 0.261. The van der Waals surface area contributed by atoms with Gasteiger partial charge in [-0.1, -0.05) is 0 Å². The van der Waals surface area contributed by atoms with Gasteiger partial charge in [0.05, 0.1) is 0 Å². The summed E-state index contributed by atoms with van der Waals surface area (Å²) in [5.74, 6) is -1.44. The van der Waals surface area contributed by atoms with Crippen molar-refractivity contribution in [2.24, 2.45) is 11.5 Å². The Kier molecular flexibility index (Phi) is 1.59. The van der Waals surface area contributed by atoms with E-state index < -0.39 is 23.8 Å². The first kappa shape index (κ1) is 7.63. The predicted molar refractivity (Wildman–Crippen MR) is 33.6 cm³/mol. The molecular weight excluding hydrogens is 152 g/mol. The zero-order chi connectivity index (χ0) is 8.59. The van der Waals surface area contributed by atoms with Gasteiger partial charge in [-0.15, -0.1) is 0 Å². The molecule has 1 aliphatic heterocycles. The van der Waals surface area contributed by atoms with Crippen molar-refractivity contribution in [3.63, 3.8) is 0 Å². The Morgan fingerprint density at radius 2 is 2.18 bits per heavy atom. The number of aliphatic hydroxyl groups excluding tert-OH is 1. The normalized spacial score (nSPS) is 25.5. The van der Waals surface area contributed by atoms with E-state index in [1.807, 2.05) is 0 Å². The van der Waals surface area contributed by atoms with Crippen LogP contribution in [-0.4, -0.2) is 27.6 Å². The summed E-state index contributed by atoms with van der Waals surface area (Å²) in [5, 5.41) is 20.1. The van der Waals surface area contributed by atoms with Crippen LogP contribution in [0, 0.1) is 0 Å². The molecule has 7 nitrogen and oxygen atoms in total. The molecule has 0 fully saturated rings. The fourth-order valence-corrected chi connectivity index (χ4v) is 0.630. The van der Waals surface area contributed by atoms with E-state index in [0.717, 1.165) is 0 Å². The first-order chi connectivity index (χ1) is 5.04. The Bertz CT molecular complexity index is 225. The fraction of sp³-hybridized carbons (Fsp3) is 0.250. The predicted octanol–water partition coefficient (Wildman–Crippen LogP) is -2.26. The summed E-state index contributed by atoms with van der Waals surface area (Å²) in [6, 6.07) is 0. The summed E-state index contributed by atoms with van der Waals surface area (Å²) in [6.07, 6.45) is -1.16. The number of rotatable bonds is 0. The number of nitrogens with zero attached hydrogens (tertiary/aromatic N) is 1. The summed E-state index contributed by atoms with van der Waals surface area (Å²) in [7, 11) is 0. The molecule has 0 bridgehead atoms. The largest absolute Gasteiger partial charge is 0.492 e. The van der Waals surface area contributed by atoms with Gasteiger partial charge in [0, 0.05) is 0 Å². The molecule has 1 rings (SSSR count). The van der Waals surface area contributed by atoms with Gasteiger partial charge in [0.1, 0.15) is 0 Å². The van der Waals surface area contributed by atoms with Gasteiger partial charge in [-0.3, -0.25) is 15.7 Å². The smallest absolute Gasteiger partial charge is 0.275 e. The average molecular weight is 160 g/mol. The molecule has 0 aromatic heterocycles. The van der Waals surface area contributed by atoms with E-state index in [-0.39, 0.29) is 5.06 Å². The Hall–Kier alpha value is -1.47. The van der Waals surface area contributed by atoms with Crippen molar-refractivity contribution in [2.45, 2.75) is 6.29 Å². The van der Waals surface area contributed by atoms with Gasteiger partial charge in [-0.25, -0.2) is 0 Å². The van der Waals surface area contributed by atoms with Gasteiger partial charge in [-0.2, -0.15) is 5.06 Å². The third kappa shape index (κ3) is 1.06. The number of amides is 1. The van der Waals surface area contributed by atoms with Gasteiger partial charge in [-0.05, 0) is 0 Å². The standard InChI is InChI=1S/C4H8N4O3/c5-1-2(9)7-4(6)8(11)3(1)10/h4,10-11H,5-6H2,(H,7,9). The lowest BCUT2D eigenvalue weighted by Gasteiger charge is -2.28. The Labute approximate surface area is 61.8 Å². The molecule has 1 aliphatic rings. The van der Waals surface area contributed by atoms with Crippen molar-refractivity contribution in [2.75, 3.05) is 0 Å². The molecule has 1 heterocycles. The van der Waals surface area contributed by atoms with Crippen molar-refractivity contribution in [1.29, 1.82) is 0 Å². The quantitative estimate of drug-likeness (QED) is 0.272. The Morgan fingerprint density at radius 3 is 2.73 bits per heavy atom. The van der Waals surface area contributed by atoms with Gasteiger partial charge in [0.15, 0.2) is 12.0 Å². The minimum atomic E-state index is -1.16. The van der Waals surface area contributed by atoms with Crippen LogP contribution in [0.5, 0.6) is 0 Å². The van der Waals surface area contributed by atoms with Crippen molar-refractivity contribution in [3.8, 4) is 0 Å². The minimum Gasteiger partial charge on any atom is -0.492 e. The van der Waals surface area contributed by atoms with E-state index in [1.165, 1.54) is 0 Å². The zero-order valence-corrected chi connectivity index (χ0v) is 5.48. The van der Waals surface area contributed by atoms with Crippen LogP contribution >= 0.6 is 0 Å². The van der Waals surface area contributed by atoms with Crippen molar-refractivity contribution >= 4 is 5.91 Å². The number of aliphatic hydroxyl groups is 1. The molecule has 62 valence electrons. The second-order valence-electron chi connectivity index (χ2n) is 2.00. The molecule has 0 spiro atoms. The third-order valence-electron chi connectivity index (χ3n) is 1.24. The summed E-state index contributed by atoms with van der Waals surface area (Å²) in [6.45, 7) is 0. The second kappa shape index (κ2) is 2.29. The molecule has 11 heavy (non-hydrogen) atoms. The number of hydrogen-bond acceptors (Lipinski definition) is 6. The maximum Gasteiger partial charge on any atom is 0.275 e. The average Bonchev–Trinajstić information content (AvgIpc) is 1.97. The van der Waals surface area contributed by atoms with Gasteiger partial charge in [0.2, 0.25) is 5.88 Å². The molecular formula is C4H8N4O3. The molecule has 1 amide bonds. The summed E-state index contributed by atoms with van der Waals surface area (Å²) in [4.78, 5) is 10.7. The molecule has 0 aromatic carbocycles. The lowest BCUT2D eigenvalue weighted by molar-refractivity contribution is -0.154. The number of nitrogens with one attached hydrogen (secondary N) is 1. The molecule has 0 aliphatic carbocycles. The van der Waals surface area contributed by atoms with Crippen molar-refractivity contribution in [1.82, 2.24) is 10.4 Å². The lowest BCUT2D eigenvalue weighted by atomic mass is 10.3. The third-order valence-corrected chi connectivity index (χ3v) is 1.24. The van der Waals surface area contributed by atoms with E-state index in [0.29, 0.717) is 0 Å². The second-order valence-corrected chi connectivity index (χ2v) is 2.00. The van der Waals surface area contributed by atoms with Crippen molar-refractivity contribution < 1.29 is 15.1 Å². The first-order valence-corrected chi connectivity index (χ1v) is 2.77. The summed E-state index contributed by atoms with van der Waals surface area (Å²) < 4.78 is 0. The van der Waals surface area contributed by atoms with Crippen LogP contribution in [0.3, 0.4) is 0 Å². The van der Waals surface area contributed by atoms with E-state index in [1.54, 1.807) is 0 Å². The van der Waals surface area contributed by atoms with Gasteiger partial charge < -0.3 is 16.2 Å². The summed E-state index contributed by atoms with van der Waals surface area (Å²) >= 11 is 0. The number of nitrogens with two attached hydrogens (primary N) is 2. The van der Waals surface area contributed by atoms with Crippen LogP contribution in [0.4, 0.5) is 0 Å². The van der Waals surface area contributed by atoms with E-state index in [2.05, 4.69) is 5.32 Å². The molecule has 0 aromatic rings. The zero-order valence-electron chi connectivity index (χ0n) is 5.48. The van der Waals surface area contributed by atoms with Crippen LogP contribution in [-0.2, 0) is 4.79 Å². The fourth-order valence-electron chi connectivity index (χ4n) is 0.630. The number of hydrogen-bond donors (Lipinski definition) is 5. The molecule has 1 atom stereocenters. The maximum absolute atomic E-state index is 10.7. The number of carbonyl (C=O) groups excluding carboxylic acids is 1. The van der Waals surface area contributed by atoms with Crippen LogP contribution in [0.15, 0.2) is 11.6 Å². The molecule has 0 saturated carbocycles. The SMILES string of the molecule is NC1=C(O)N(O)C(N)NC1=O. The van der Waals surface area contributed by atoms with E-state index in [4.69, 9.17) is 21.8 Å². The summed E-state index contributed by atoms with van der Waals surface area (Å²) in [5.41, 5.74) is 9.69. The van der Waals surface area contributed by atoms with Crippen LogP contribution < -0.4 is 16.8 Å². The highest BCUT2D eigenvalue weighted by Gasteiger charge is 2.28. The molecule has 0 saturated heterocycles. The van der Waals surface area contributed by atoms with Gasteiger partial charge in [0.25, 0.3) is 5.91 Å². The highest BCUT2D eigenvalue weighted by Crippen LogP contribution is 2.06. The van der Waals surface area contributed by atoms with Crippen LogP contribution in [0.2, 0.25) is 0 Å². The Balaban J connectivity index is 2.98. The van der Waals surface area contributed by atoms with E-state index in [9.17, 15) is 4.79 Å².